The van der Waals surface area contributed by atoms with Crippen LogP contribution in [0.1, 0.15) is 19.8 Å². The Morgan fingerprint density at radius 2 is 2.06 bits per heavy atom. The van der Waals surface area contributed by atoms with Gasteiger partial charge in [0.2, 0.25) is 0 Å². The summed E-state index contributed by atoms with van der Waals surface area (Å²) in [7, 11) is 0. The molecule has 17 heavy (non-hydrogen) atoms. The number of hydrogen-bond acceptors (Lipinski definition) is 4. The first-order chi connectivity index (χ1) is 8.01. The van der Waals surface area contributed by atoms with E-state index < -0.39 is 12.1 Å². The molecule has 0 aromatic rings. The molecule has 0 bridgehead atoms. The van der Waals surface area contributed by atoms with E-state index in [0.717, 1.165) is 12.2 Å². The number of rotatable bonds is 8. The molecule has 0 aliphatic rings. The van der Waals surface area contributed by atoms with Gasteiger partial charge in [0.1, 0.15) is 0 Å². The number of hydrogen-bond donors (Lipinski definition) is 4. The van der Waals surface area contributed by atoms with Crippen LogP contribution in [0.15, 0.2) is 0 Å². The second-order valence-electron chi connectivity index (χ2n) is 3.60. The first-order valence-electron chi connectivity index (χ1n) is 5.45. The molecule has 0 spiro atoms. The zero-order valence-electron chi connectivity index (χ0n) is 10.1. The van der Waals surface area contributed by atoms with Crippen molar-refractivity contribution in [2.45, 2.75) is 31.9 Å². The number of aliphatic hydroxyl groups is 1. The smallest absolute Gasteiger partial charge is 0.332 e. The van der Waals surface area contributed by atoms with E-state index in [-0.39, 0.29) is 25.0 Å². The molecular weight excluding hydrogens is 244 g/mol. The molecule has 0 saturated heterocycles. The molecule has 0 saturated carbocycles. The number of amides is 2. The van der Waals surface area contributed by atoms with Crippen molar-refractivity contribution in [1.82, 2.24) is 10.6 Å². The predicted molar refractivity (Wildman–Crippen MR) is 67.3 cm³/mol. The zero-order valence-corrected chi connectivity index (χ0v) is 10.9. The number of carboxylic acid groups (broad SMARTS) is 1. The van der Waals surface area contributed by atoms with Gasteiger partial charge in [0.15, 0.2) is 6.10 Å². The van der Waals surface area contributed by atoms with E-state index >= 15 is 0 Å². The average molecular weight is 264 g/mol. The molecule has 0 aliphatic heterocycles. The fourth-order valence-corrected chi connectivity index (χ4v) is 1.87. The maximum atomic E-state index is 11.4. The first-order valence-corrected chi connectivity index (χ1v) is 6.84. The van der Waals surface area contributed by atoms with E-state index in [1.165, 1.54) is 0 Å². The number of carboxylic acids is 1. The van der Waals surface area contributed by atoms with Crippen molar-refractivity contribution in [3.05, 3.63) is 0 Å². The Morgan fingerprint density at radius 1 is 1.41 bits per heavy atom. The molecule has 4 N–H and O–H groups in total. The monoisotopic (exact) mass is 264 g/mol. The Balaban J connectivity index is 3.75. The van der Waals surface area contributed by atoms with Gasteiger partial charge in [-0.2, -0.15) is 11.8 Å². The van der Waals surface area contributed by atoms with Crippen LogP contribution in [0.25, 0.3) is 0 Å². The predicted octanol–water partition coefficient (Wildman–Crippen LogP) is 0.263. The number of nitrogens with one attached hydrogen (secondary N) is 2. The van der Waals surface area contributed by atoms with Gasteiger partial charge >= 0.3 is 12.0 Å². The number of carbonyl (C=O) groups excluding carboxylic acids is 1. The van der Waals surface area contributed by atoms with E-state index in [9.17, 15) is 9.59 Å². The van der Waals surface area contributed by atoms with Crippen LogP contribution in [0.3, 0.4) is 0 Å². The summed E-state index contributed by atoms with van der Waals surface area (Å²) in [6.45, 7) is 2.12. The van der Waals surface area contributed by atoms with Gasteiger partial charge in [0.25, 0.3) is 0 Å². The van der Waals surface area contributed by atoms with Gasteiger partial charge in [-0.15, -0.1) is 0 Å². The fourth-order valence-electron chi connectivity index (χ4n) is 1.15. The SMILES string of the molecule is CCC(CSC)NC(=O)NCCC(O)C(=O)O. The zero-order chi connectivity index (χ0) is 13.3. The van der Waals surface area contributed by atoms with Gasteiger partial charge in [-0.3, -0.25) is 0 Å². The fraction of sp³-hybridized carbons (Fsp3) is 0.800. The number of urea groups is 1. The summed E-state index contributed by atoms with van der Waals surface area (Å²) in [4.78, 5) is 21.7. The van der Waals surface area contributed by atoms with Gasteiger partial charge in [0, 0.05) is 24.8 Å². The van der Waals surface area contributed by atoms with Crippen LogP contribution in [0, 0.1) is 0 Å². The summed E-state index contributed by atoms with van der Waals surface area (Å²) >= 11 is 1.65. The highest BCUT2D eigenvalue weighted by molar-refractivity contribution is 7.98. The van der Waals surface area contributed by atoms with Crippen LogP contribution < -0.4 is 10.6 Å². The van der Waals surface area contributed by atoms with Crippen molar-refractivity contribution >= 4 is 23.8 Å². The van der Waals surface area contributed by atoms with Crippen LogP contribution >= 0.6 is 11.8 Å². The summed E-state index contributed by atoms with van der Waals surface area (Å²) in [5.41, 5.74) is 0. The Kier molecular flexibility index (Phi) is 8.61. The summed E-state index contributed by atoms with van der Waals surface area (Å²) in [5.74, 6) is -0.442. The van der Waals surface area contributed by atoms with E-state index in [2.05, 4.69) is 10.6 Å². The number of thioether (sulfide) groups is 1. The molecule has 0 radical (unpaired) electrons. The quantitative estimate of drug-likeness (QED) is 0.504. The lowest BCUT2D eigenvalue weighted by Crippen LogP contribution is -2.44. The van der Waals surface area contributed by atoms with Crippen molar-refractivity contribution in [3.63, 3.8) is 0 Å². The minimum atomic E-state index is -1.43. The van der Waals surface area contributed by atoms with Crippen LogP contribution in [-0.2, 0) is 4.79 Å². The third-order valence-electron chi connectivity index (χ3n) is 2.18. The molecule has 2 unspecified atom stereocenters. The van der Waals surface area contributed by atoms with E-state index in [1.807, 2.05) is 13.2 Å². The molecule has 0 aliphatic carbocycles. The summed E-state index contributed by atoms with van der Waals surface area (Å²) in [6, 6.07) is -0.224. The molecular formula is C10H20N2O4S. The van der Waals surface area contributed by atoms with Crippen LogP contribution in [0.2, 0.25) is 0 Å². The minimum absolute atomic E-state index is 0.00206. The molecule has 0 aromatic carbocycles. The van der Waals surface area contributed by atoms with E-state index in [1.54, 1.807) is 11.8 Å². The van der Waals surface area contributed by atoms with Gasteiger partial charge < -0.3 is 20.8 Å². The highest BCUT2D eigenvalue weighted by atomic mass is 32.2. The third-order valence-corrected chi connectivity index (χ3v) is 2.92. The number of aliphatic hydroxyl groups excluding tert-OH is 1. The lowest BCUT2D eigenvalue weighted by Gasteiger charge is -2.16. The lowest BCUT2D eigenvalue weighted by atomic mass is 10.2. The lowest BCUT2D eigenvalue weighted by molar-refractivity contribution is -0.146. The molecule has 2 amide bonds. The molecule has 0 aromatic heterocycles. The maximum Gasteiger partial charge on any atom is 0.332 e. The minimum Gasteiger partial charge on any atom is -0.479 e. The maximum absolute atomic E-state index is 11.4. The number of aliphatic carboxylic acids is 1. The van der Waals surface area contributed by atoms with Crippen LogP contribution in [-0.4, -0.2) is 52.9 Å². The van der Waals surface area contributed by atoms with E-state index in [0.29, 0.717) is 0 Å². The first kappa shape index (κ1) is 16.1. The molecule has 0 rings (SSSR count). The Bertz CT molecular complexity index is 250. The van der Waals surface area contributed by atoms with Crippen molar-refractivity contribution in [1.29, 1.82) is 0 Å². The highest BCUT2D eigenvalue weighted by Crippen LogP contribution is 2.00. The molecule has 100 valence electrons. The summed E-state index contributed by atoms with van der Waals surface area (Å²) in [5, 5.41) is 22.7. The summed E-state index contributed by atoms with van der Waals surface area (Å²) < 4.78 is 0. The van der Waals surface area contributed by atoms with Gasteiger partial charge in [-0.25, -0.2) is 9.59 Å². The van der Waals surface area contributed by atoms with Crippen molar-refractivity contribution < 1.29 is 19.8 Å². The standard InChI is InChI=1S/C10H20N2O4S/c1-3-7(6-17-2)12-10(16)11-5-4-8(13)9(14)15/h7-8,13H,3-6H2,1-2H3,(H,14,15)(H2,11,12,16). The molecule has 0 heterocycles. The summed E-state index contributed by atoms with van der Waals surface area (Å²) in [6.07, 6.45) is 1.38. The topological polar surface area (TPSA) is 98.7 Å². The Hall–Kier alpha value is -0.950. The normalized spacial score (nSPS) is 13.8. The molecule has 0 fully saturated rings. The second-order valence-corrected chi connectivity index (χ2v) is 4.51. The largest absolute Gasteiger partial charge is 0.479 e. The van der Waals surface area contributed by atoms with Crippen molar-refractivity contribution in [3.8, 4) is 0 Å². The molecule has 6 nitrogen and oxygen atoms in total. The van der Waals surface area contributed by atoms with Crippen LogP contribution in [0.5, 0.6) is 0 Å². The van der Waals surface area contributed by atoms with Crippen LogP contribution in [0.4, 0.5) is 4.79 Å². The molecule has 2 atom stereocenters. The van der Waals surface area contributed by atoms with Crippen molar-refractivity contribution in [2.24, 2.45) is 0 Å². The van der Waals surface area contributed by atoms with Gasteiger partial charge in [-0.1, -0.05) is 6.92 Å². The molecule has 7 heteroatoms. The highest BCUT2D eigenvalue weighted by Gasteiger charge is 2.13. The average Bonchev–Trinajstić information content (AvgIpc) is 2.28. The van der Waals surface area contributed by atoms with E-state index in [4.69, 9.17) is 10.2 Å². The number of carbonyl (C=O) groups is 2. The second kappa shape index (κ2) is 9.12. The Morgan fingerprint density at radius 3 is 2.53 bits per heavy atom. The van der Waals surface area contributed by atoms with Gasteiger partial charge in [0.05, 0.1) is 0 Å². The van der Waals surface area contributed by atoms with Gasteiger partial charge in [-0.05, 0) is 12.7 Å². The Labute approximate surface area is 105 Å². The van der Waals surface area contributed by atoms with Crippen molar-refractivity contribution in [2.75, 3.05) is 18.6 Å². The third kappa shape index (κ3) is 7.87.